The number of rotatable bonds is 4. The van der Waals surface area contributed by atoms with Crippen molar-refractivity contribution >= 4 is 5.69 Å². The molecule has 5 heteroatoms. The summed E-state index contributed by atoms with van der Waals surface area (Å²) in [5.41, 5.74) is 7.37. The van der Waals surface area contributed by atoms with Gasteiger partial charge in [0.1, 0.15) is 11.5 Å². The molecule has 0 bridgehead atoms. The number of nitrogens with two attached hydrogens (primary N) is 1. The summed E-state index contributed by atoms with van der Waals surface area (Å²) in [4.78, 5) is 0. The van der Waals surface area contributed by atoms with Crippen LogP contribution in [0.15, 0.2) is 42.5 Å². The second kappa shape index (κ2) is 5.56. The zero-order valence-corrected chi connectivity index (χ0v) is 10.3. The molecule has 0 aromatic heterocycles. The number of anilines is 1. The molecule has 100 valence electrons. The van der Waals surface area contributed by atoms with Crippen LogP contribution in [0.2, 0.25) is 0 Å². The summed E-state index contributed by atoms with van der Waals surface area (Å²) in [6.07, 6.45) is 0. The quantitative estimate of drug-likeness (QED) is 0.860. The molecule has 3 nitrogen and oxygen atoms in total. The van der Waals surface area contributed by atoms with Gasteiger partial charge in [0.15, 0.2) is 0 Å². The minimum absolute atomic E-state index is 0.0247. The van der Waals surface area contributed by atoms with Gasteiger partial charge >= 0.3 is 6.61 Å². The molecule has 0 atom stereocenters. The van der Waals surface area contributed by atoms with Gasteiger partial charge in [-0.3, -0.25) is 0 Å². The van der Waals surface area contributed by atoms with Crippen LogP contribution in [0.1, 0.15) is 0 Å². The fourth-order valence-electron chi connectivity index (χ4n) is 1.70. The molecule has 0 aliphatic rings. The number of nitrogen functional groups attached to an aromatic ring is 1. The van der Waals surface area contributed by atoms with Crippen molar-refractivity contribution in [2.75, 3.05) is 12.8 Å². The van der Waals surface area contributed by atoms with Crippen LogP contribution < -0.4 is 15.2 Å². The van der Waals surface area contributed by atoms with E-state index in [9.17, 15) is 8.78 Å². The Labute approximate surface area is 109 Å². The average molecular weight is 265 g/mol. The van der Waals surface area contributed by atoms with Gasteiger partial charge in [-0.25, -0.2) is 0 Å². The maximum atomic E-state index is 12.2. The average Bonchev–Trinajstić information content (AvgIpc) is 2.41. The molecule has 19 heavy (non-hydrogen) atoms. The van der Waals surface area contributed by atoms with Crippen LogP contribution in [-0.4, -0.2) is 13.7 Å². The first-order chi connectivity index (χ1) is 9.10. The Morgan fingerprint density at radius 2 is 1.63 bits per heavy atom. The predicted molar refractivity (Wildman–Crippen MR) is 69.5 cm³/mol. The first kappa shape index (κ1) is 13.1. The van der Waals surface area contributed by atoms with Crippen molar-refractivity contribution in [3.05, 3.63) is 42.5 Å². The van der Waals surface area contributed by atoms with E-state index in [0.29, 0.717) is 0 Å². The van der Waals surface area contributed by atoms with Gasteiger partial charge in [0.05, 0.1) is 12.8 Å². The molecule has 0 spiro atoms. The van der Waals surface area contributed by atoms with E-state index in [4.69, 9.17) is 10.5 Å². The van der Waals surface area contributed by atoms with Crippen molar-refractivity contribution in [2.45, 2.75) is 6.61 Å². The summed E-state index contributed by atoms with van der Waals surface area (Å²) in [7, 11) is 1.58. The third-order valence-corrected chi connectivity index (χ3v) is 2.65. The number of methoxy groups -OCH3 is 1. The van der Waals surface area contributed by atoms with Gasteiger partial charge in [-0.2, -0.15) is 8.78 Å². The van der Waals surface area contributed by atoms with E-state index in [0.717, 1.165) is 16.9 Å². The largest absolute Gasteiger partial charge is 0.497 e. The van der Waals surface area contributed by atoms with Gasteiger partial charge in [0.25, 0.3) is 0 Å². The Hall–Kier alpha value is -2.30. The SMILES string of the molecule is COc1ccc(-c2ccc(N)c(OC(F)F)c2)cc1. The Morgan fingerprint density at radius 1 is 1.00 bits per heavy atom. The van der Waals surface area contributed by atoms with Crippen molar-refractivity contribution in [3.8, 4) is 22.6 Å². The molecule has 0 aliphatic heterocycles. The summed E-state index contributed by atoms with van der Waals surface area (Å²) in [5.74, 6) is 0.701. The molecule has 2 aromatic rings. The van der Waals surface area contributed by atoms with Gasteiger partial charge in [0, 0.05) is 0 Å². The lowest BCUT2D eigenvalue weighted by atomic mass is 10.0. The number of hydrogen-bond donors (Lipinski definition) is 1. The summed E-state index contributed by atoms with van der Waals surface area (Å²) in [6, 6.07) is 12.0. The lowest BCUT2D eigenvalue weighted by Crippen LogP contribution is -2.04. The Kier molecular flexibility index (Phi) is 3.85. The lowest BCUT2D eigenvalue weighted by Gasteiger charge is -2.10. The van der Waals surface area contributed by atoms with Crippen LogP contribution in [0.25, 0.3) is 11.1 Å². The van der Waals surface area contributed by atoms with Gasteiger partial charge in [-0.05, 0) is 35.4 Å². The lowest BCUT2D eigenvalue weighted by molar-refractivity contribution is -0.0492. The van der Waals surface area contributed by atoms with Gasteiger partial charge < -0.3 is 15.2 Å². The summed E-state index contributed by atoms with van der Waals surface area (Å²) >= 11 is 0. The predicted octanol–water partition coefficient (Wildman–Crippen LogP) is 3.55. The number of halogens is 2. The van der Waals surface area contributed by atoms with Crippen LogP contribution in [-0.2, 0) is 0 Å². The monoisotopic (exact) mass is 265 g/mol. The van der Waals surface area contributed by atoms with Gasteiger partial charge in [-0.1, -0.05) is 18.2 Å². The third kappa shape index (κ3) is 3.13. The molecule has 0 fully saturated rings. The minimum Gasteiger partial charge on any atom is -0.497 e. The molecule has 0 amide bonds. The summed E-state index contributed by atoms with van der Waals surface area (Å²) in [6.45, 7) is -2.89. The molecule has 0 saturated heterocycles. The number of alkyl halides is 2. The molecule has 0 heterocycles. The Bertz CT molecular complexity index is 556. The van der Waals surface area contributed by atoms with Crippen molar-refractivity contribution < 1.29 is 18.3 Å². The summed E-state index contributed by atoms with van der Waals surface area (Å²) in [5, 5.41) is 0. The third-order valence-electron chi connectivity index (χ3n) is 2.65. The van der Waals surface area contributed by atoms with Crippen LogP contribution >= 0.6 is 0 Å². The highest BCUT2D eigenvalue weighted by atomic mass is 19.3. The molecule has 2 aromatic carbocycles. The van der Waals surface area contributed by atoms with Crippen LogP contribution in [0.5, 0.6) is 11.5 Å². The zero-order valence-electron chi connectivity index (χ0n) is 10.3. The molecule has 0 radical (unpaired) electrons. The first-order valence-electron chi connectivity index (χ1n) is 5.59. The van der Waals surface area contributed by atoms with Crippen molar-refractivity contribution in [3.63, 3.8) is 0 Å². The van der Waals surface area contributed by atoms with Crippen LogP contribution in [0.4, 0.5) is 14.5 Å². The molecule has 2 rings (SSSR count). The van der Waals surface area contributed by atoms with E-state index in [1.165, 1.54) is 12.1 Å². The molecule has 0 saturated carbocycles. The molecular weight excluding hydrogens is 252 g/mol. The van der Waals surface area contributed by atoms with Gasteiger partial charge in [-0.15, -0.1) is 0 Å². The standard InChI is InChI=1S/C14H13F2NO2/c1-18-11-5-2-9(3-6-11)10-4-7-12(17)13(8-10)19-14(15)16/h2-8,14H,17H2,1H3. The van der Waals surface area contributed by atoms with Crippen LogP contribution in [0.3, 0.4) is 0 Å². The highest BCUT2D eigenvalue weighted by molar-refractivity contribution is 5.70. The Balaban J connectivity index is 2.33. The molecule has 0 unspecified atom stereocenters. The molecular formula is C14H13F2NO2. The Morgan fingerprint density at radius 3 is 2.21 bits per heavy atom. The normalized spacial score (nSPS) is 10.5. The second-order valence-electron chi connectivity index (χ2n) is 3.86. The second-order valence-corrected chi connectivity index (χ2v) is 3.86. The fraction of sp³-hybridized carbons (Fsp3) is 0.143. The van der Waals surface area contributed by atoms with E-state index in [-0.39, 0.29) is 11.4 Å². The van der Waals surface area contributed by atoms with Crippen LogP contribution in [0, 0.1) is 0 Å². The zero-order chi connectivity index (χ0) is 13.8. The fourth-order valence-corrected chi connectivity index (χ4v) is 1.70. The van der Waals surface area contributed by atoms with Crippen molar-refractivity contribution in [2.24, 2.45) is 0 Å². The number of benzene rings is 2. The number of ether oxygens (including phenoxy) is 2. The smallest absolute Gasteiger partial charge is 0.387 e. The van der Waals surface area contributed by atoms with E-state index in [1.807, 2.05) is 12.1 Å². The van der Waals surface area contributed by atoms with Gasteiger partial charge in [0.2, 0.25) is 0 Å². The van der Waals surface area contributed by atoms with E-state index in [1.54, 1.807) is 25.3 Å². The minimum atomic E-state index is -2.89. The van der Waals surface area contributed by atoms with E-state index >= 15 is 0 Å². The van der Waals surface area contributed by atoms with Crippen molar-refractivity contribution in [1.82, 2.24) is 0 Å². The maximum Gasteiger partial charge on any atom is 0.387 e. The van der Waals surface area contributed by atoms with E-state index < -0.39 is 6.61 Å². The summed E-state index contributed by atoms with van der Waals surface area (Å²) < 4.78 is 33.9. The molecule has 2 N–H and O–H groups in total. The van der Waals surface area contributed by atoms with E-state index in [2.05, 4.69) is 4.74 Å². The topological polar surface area (TPSA) is 44.5 Å². The first-order valence-corrected chi connectivity index (χ1v) is 5.59. The highest BCUT2D eigenvalue weighted by Crippen LogP contribution is 2.30. The maximum absolute atomic E-state index is 12.2. The van der Waals surface area contributed by atoms with Crippen molar-refractivity contribution in [1.29, 1.82) is 0 Å². The number of hydrogen-bond acceptors (Lipinski definition) is 3. The molecule has 0 aliphatic carbocycles. The highest BCUT2D eigenvalue weighted by Gasteiger charge is 2.09.